The maximum Gasteiger partial charge on any atom is 0.272 e. The van der Waals surface area contributed by atoms with E-state index >= 15 is 0 Å². The van der Waals surface area contributed by atoms with Crippen molar-refractivity contribution < 1.29 is 14.6 Å². The number of rotatable bonds is 4. The van der Waals surface area contributed by atoms with Crippen LogP contribution in [0.15, 0.2) is 42.6 Å². The van der Waals surface area contributed by atoms with Crippen molar-refractivity contribution in [1.82, 2.24) is 9.88 Å². The largest absolute Gasteiger partial charge is 0.497 e. The molecule has 0 saturated carbocycles. The van der Waals surface area contributed by atoms with Crippen LogP contribution in [0.25, 0.3) is 0 Å². The van der Waals surface area contributed by atoms with Gasteiger partial charge in [0.25, 0.3) is 5.91 Å². The summed E-state index contributed by atoms with van der Waals surface area (Å²) in [6, 6.07) is 12.0. The van der Waals surface area contributed by atoms with Gasteiger partial charge in [0.15, 0.2) is 0 Å². The molecule has 0 radical (unpaired) electrons. The number of pyridine rings is 1. The zero-order valence-corrected chi connectivity index (χ0v) is 14.8. The number of ether oxygens (including phenoxy) is 1. The average molecular weight is 351 g/mol. The molecule has 6 heteroatoms. The van der Waals surface area contributed by atoms with Gasteiger partial charge >= 0.3 is 0 Å². The van der Waals surface area contributed by atoms with Crippen LogP contribution in [0.5, 0.6) is 5.75 Å². The number of hydrogen-bond acceptors (Lipinski definition) is 5. The molecule has 0 unspecified atom stereocenters. The Kier molecular flexibility index (Phi) is 4.92. The molecule has 2 aromatic rings. The molecule has 1 N–H and O–H groups in total. The van der Waals surface area contributed by atoms with Gasteiger partial charge in [0.2, 0.25) is 0 Å². The van der Waals surface area contributed by atoms with Gasteiger partial charge in [0.05, 0.1) is 18.7 Å². The summed E-state index contributed by atoms with van der Waals surface area (Å²) in [6.45, 7) is 2.30. The number of methoxy groups -OCH3 is 1. The highest BCUT2D eigenvalue weighted by Crippen LogP contribution is 2.36. The summed E-state index contributed by atoms with van der Waals surface area (Å²) in [7, 11) is 1.59. The Morgan fingerprint density at radius 3 is 2.65 bits per heavy atom. The highest BCUT2D eigenvalue weighted by Gasteiger charge is 2.43. The Hall–Kier alpha value is -2.91. The first-order valence-electron chi connectivity index (χ1n) is 8.51. The highest BCUT2D eigenvalue weighted by atomic mass is 16.5. The molecule has 1 aromatic heterocycles. The normalized spacial score (nSPS) is 18.8. The van der Waals surface area contributed by atoms with Crippen LogP contribution >= 0.6 is 0 Å². The number of benzene rings is 1. The zero-order valence-electron chi connectivity index (χ0n) is 14.8. The summed E-state index contributed by atoms with van der Waals surface area (Å²) in [6.07, 6.45) is 2.92. The van der Waals surface area contributed by atoms with E-state index in [-0.39, 0.29) is 17.6 Å². The van der Waals surface area contributed by atoms with Crippen LogP contribution in [0.1, 0.15) is 41.4 Å². The first-order valence-corrected chi connectivity index (χ1v) is 8.51. The lowest BCUT2D eigenvalue weighted by Gasteiger charge is -2.37. The van der Waals surface area contributed by atoms with E-state index in [1.54, 1.807) is 43.2 Å². The molecular formula is C20H21N3O3. The predicted octanol–water partition coefficient (Wildman–Crippen LogP) is 2.47. The number of nitrogens with zero attached hydrogens (tertiary/aromatic N) is 3. The van der Waals surface area contributed by atoms with Gasteiger partial charge in [-0.25, -0.2) is 4.98 Å². The number of hydrogen-bond donors (Lipinski definition) is 1. The predicted molar refractivity (Wildman–Crippen MR) is 95.6 cm³/mol. The van der Waals surface area contributed by atoms with Gasteiger partial charge in [-0.1, -0.05) is 12.1 Å². The van der Waals surface area contributed by atoms with Gasteiger partial charge in [-0.3, -0.25) is 4.79 Å². The van der Waals surface area contributed by atoms with Crippen LogP contribution in [-0.2, 0) is 5.60 Å². The van der Waals surface area contributed by atoms with Crippen molar-refractivity contribution in [1.29, 1.82) is 5.26 Å². The minimum atomic E-state index is -1.19. The van der Waals surface area contributed by atoms with Crippen molar-refractivity contribution in [2.45, 2.75) is 31.4 Å². The first-order chi connectivity index (χ1) is 12.5. The van der Waals surface area contributed by atoms with E-state index in [1.807, 2.05) is 18.2 Å². The van der Waals surface area contributed by atoms with Crippen LogP contribution in [0.2, 0.25) is 0 Å². The molecule has 2 atom stereocenters. The van der Waals surface area contributed by atoms with E-state index in [1.165, 1.54) is 6.20 Å². The number of aliphatic hydroxyl groups is 1. The third kappa shape index (κ3) is 3.26. The van der Waals surface area contributed by atoms with Gasteiger partial charge in [0.1, 0.15) is 23.1 Å². The number of nitriles is 1. The quantitative estimate of drug-likeness (QED) is 0.914. The summed E-state index contributed by atoms with van der Waals surface area (Å²) in [5.74, 6) is 0.483. The molecule has 1 aromatic carbocycles. The van der Waals surface area contributed by atoms with Crippen molar-refractivity contribution in [2.24, 2.45) is 0 Å². The number of amides is 1. The molecule has 2 heterocycles. The maximum absolute atomic E-state index is 12.9. The van der Waals surface area contributed by atoms with Crippen molar-refractivity contribution in [3.8, 4) is 11.8 Å². The minimum Gasteiger partial charge on any atom is -0.497 e. The lowest BCUT2D eigenvalue weighted by Crippen LogP contribution is -2.48. The second-order valence-corrected chi connectivity index (χ2v) is 6.58. The summed E-state index contributed by atoms with van der Waals surface area (Å²) >= 11 is 0. The molecule has 0 bridgehead atoms. The number of carbonyl (C=O) groups excluding carboxylic acids is 1. The Labute approximate surface area is 152 Å². The SMILES string of the molecule is COc1ccc([C@@](C)(O)[C@@H]2CCCN2C(=O)c2ccc(C#N)cn2)cc1. The fourth-order valence-electron chi connectivity index (χ4n) is 3.45. The molecule has 3 rings (SSSR count). The summed E-state index contributed by atoms with van der Waals surface area (Å²) in [5.41, 5.74) is 0.229. The third-order valence-corrected chi connectivity index (χ3v) is 4.95. The molecule has 26 heavy (non-hydrogen) atoms. The molecule has 134 valence electrons. The molecule has 0 aliphatic carbocycles. The summed E-state index contributed by atoms with van der Waals surface area (Å²) in [5, 5.41) is 20.1. The molecular weight excluding hydrogens is 330 g/mol. The summed E-state index contributed by atoms with van der Waals surface area (Å²) < 4.78 is 5.17. The topological polar surface area (TPSA) is 86.5 Å². The fraction of sp³-hybridized carbons (Fsp3) is 0.350. The lowest BCUT2D eigenvalue weighted by atomic mass is 9.86. The molecule has 1 aliphatic rings. The standard InChI is InChI=1S/C20H21N3O3/c1-20(25,15-6-8-16(26-2)9-7-15)18-4-3-11-23(18)19(24)17-10-5-14(12-21)13-22-17/h5-10,13,18,25H,3-4,11H2,1-2H3/t18-,20+/m0/s1. The van der Waals surface area contributed by atoms with Crippen LogP contribution in [0.4, 0.5) is 0 Å². The van der Waals surface area contributed by atoms with Gasteiger partial charge in [0, 0.05) is 12.7 Å². The number of carbonyl (C=O) groups is 1. The molecule has 0 spiro atoms. The van der Waals surface area contributed by atoms with Crippen molar-refractivity contribution >= 4 is 5.91 Å². The summed E-state index contributed by atoms with van der Waals surface area (Å²) in [4.78, 5) is 18.7. The van der Waals surface area contributed by atoms with E-state index in [0.29, 0.717) is 24.3 Å². The Bertz CT molecular complexity index is 823. The van der Waals surface area contributed by atoms with Crippen LogP contribution in [-0.4, -0.2) is 40.6 Å². The number of aromatic nitrogens is 1. The van der Waals surface area contributed by atoms with E-state index in [2.05, 4.69) is 4.98 Å². The van der Waals surface area contributed by atoms with E-state index in [0.717, 1.165) is 12.0 Å². The van der Waals surface area contributed by atoms with Gasteiger partial charge in [-0.2, -0.15) is 5.26 Å². The van der Waals surface area contributed by atoms with Gasteiger partial charge < -0.3 is 14.7 Å². The number of likely N-dealkylation sites (tertiary alicyclic amines) is 1. The van der Waals surface area contributed by atoms with E-state index in [4.69, 9.17) is 10.00 Å². The third-order valence-electron chi connectivity index (χ3n) is 4.95. The second kappa shape index (κ2) is 7.14. The highest BCUT2D eigenvalue weighted by molar-refractivity contribution is 5.92. The van der Waals surface area contributed by atoms with Crippen LogP contribution in [0.3, 0.4) is 0 Å². The zero-order chi connectivity index (χ0) is 18.7. The smallest absolute Gasteiger partial charge is 0.272 e. The van der Waals surface area contributed by atoms with Gasteiger partial charge in [-0.15, -0.1) is 0 Å². The molecule has 1 aliphatic heterocycles. The molecule has 6 nitrogen and oxygen atoms in total. The van der Waals surface area contributed by atoms with Crippen molar-refractivity contribution in [2.75, 3.05) is 13.7 Å². The Morgan fingerprint density at radius 2 is 2.08 bits per heavy atom. The fourth-order valence-corrected chi connectivity index (χ4v) is 3.45. The minimum absolute atomic E-state index is 0.231. The lowest BCUT2D eigenvalue weighted by molar-refractivity contribution is -0.0179. The van der Waals surface area contributed by atoms with E-state index in [9.17, 15) is 9.90 Å². The monoisotopic (exact) mass is 351 g/mol. The Balaban J connectivity index is 1.85. The molecule has 1 fully saturated rings. The Morgan fingerprint density at radius 1 is 1.35 bits per heavy atom. The van der Waals surface area contributed by atoms with E-state index < -0.39 is 5.60 Å². The average Bonchev–Trinajstić information content (AvgIpc) is 3.18. The van der Waals surface area contributed by atoms with Crippen molar-refractivity contribution in [3.05, 3.63) is 59.4 Å². The van der Waals surface area contributed by atoms with Crippen molar-refractivity contribution in [3.63, 3.8) is 0 Å². The first kappa shape index (κ1) is 17.9. The molecule has 1 saturated heterocycles. The van der Waals surface area contributed by atoms with Crippen LogP contribution < -0.4 is 4.74 Å². The van der Waals surface area contributed by atoms with Crippen LogP contribution in [0, 0.1) is 11.3 Å². The molecule has 1 amide bonds. The second-order valence-electron chi connectivity index (χ2n) is 6.58. The maximum atomic E-state index is 12.9. The van der Waals surface area contributed by atoms with Gasteiger partial charge in [-0.05, 0) is 49.6 Å².